The molecule has 0 saturated carbocycles. The molecule has 6 heteroatoms. The van der Waals surface area contributed by atoms with Crippen molar-refractivity contribution < 1.29 is 19.2 Å². The molecule has 1 aromatic carbocycles. The van der Waals surface area contributed by atoms with Gasteiger partial charge in [-0.25, -0.2) is 4.79 Å². The Hall–Kier alpha value is -2.63. The molecule has 0 unspecified atom stereocenters. The number of carbonyl (C=O) groups is 2. The molecule has 2 aromatic rings. The molecule has 0 aliphatic heterocycles. The third-order valence-electron chi connectivity index (χ3n) is 3.17. The van der Waals surface area contributed by atoms with E-state index in [-0.39, 0.29) is 17.7 Å². The van der Waals surface area contributed by atoms with E-state index in [2.05, 4.69) is 10.5 Å². The molecule has 0 aliphatic carbocycles. The van der Waals surface area contributed by atoms with Gasteiger partial charge >= 0.3 is 5.97 Å². The van der Waals surface area contributed by atoms with Crippen molar-refractivity contribution in [2.75, 3.05) is 0 Å². The third-order valence-corrected chi connectivity index (χ3v) is 3.17. The van der Waals surface area contributed by atoms with Gasteiger partial charge in [0.2, 0.25) is 0 Å². The fraction of sp³-hybridized carbons (Fsp3) is 0.267. The van der Waals surface area contributed by atoms with Gasteiger partial charge in [-0.15, -0.1) is 0 Å². The van der Waals surface area contributed by atoms with Crippen LogP contribution in [0, 0.1) is 20.8 Å². The quantitative estimate of drug-likeness (QED) is 0.900. The number of amides is 1. The molecular formula is C15H16N2O4. The van der Waals surface area contributed by atoms with Crippen LogP contribution < -0.4 is 5.32 Å². The average molecular weight is 288 g/mol. The molecule has 0 aliphatic rings. The van der Waals surface area contributed by atoms with Gasteiger partial charge in [0.1, 0.15) is 11.5 Å². The van der Waals surface area contributed by atoms with Crippen LogP contribution in [0.25, 0.3) is 0 Å². The number of aromatic nitrogens is 1. The van der Waals surface area contributed by atoms with Crippen molar-refractivity contribution in [2.24, 2.45) is 0 Å². The zero-order valence-electron chi connectivity index (χ0n) is 12.1. The zero-order chi connectivity index (χ0) is 15.6. The van der Waals surface area contributed by atoms with Gasteiger partial charge in [-0.1, -0.05) is 17.3 Å². The summed E-state index contributed by atoms with van der Waals surface area (Å²) in [5, 5.41) is 15.7. The average Bonchev–Trinajstić information content (AvgIpc) is 2.83. The van der Waals surface area contributed by atoms with Gasteiger partial charge in [0, 0.05) is 6.07 Å². The largest absolute Gasteiger partial charge is 0.478 e. The molecule has 0 saturated heterocycles. The van der Waals surface area contributed by atoms with Crippen LogP contribution in [0.5, 0.6) is 0 Å². The lowest BCUT2D eigenvalue weighted by atomic mass is 9.96. The lowest BCUT2D eigenvalue weighted by molar-refractivity contribution is 0.0690. The summed E-state index contributed by atoms with van der Waals surface area (Å²) in [5.41, 5.74) is 1.97. The molecule has 0 radical (unpaired) electrons. The standard InChI is InChI=1S/C15H16N2O4/c1-8-4-5-9(2)13(15(19)20)12(8)14(18)16-7-11-6-10(3)21-17-11/h4-6H,7H2,1-3H3,(H,16,18)(H,19,20). The van der Waals surface area contributed by atoms with Crippen LogP contribution in [0.2, 0.25) is 0 Å². The maximum absolute atomic E-state index is 12.3. The summed E-state index contributed by atoms with van der Waals surface area (Å²) in [6.45, 7) is 5.32. The van der Waals surface area contributed by atoms with Gasteiger partial charge in [-0.2, -0.15) is 0 Å². The number of nitrogens with one attached hydrogen (secondary N) is 1. The first-order valence-electron chi connectivity index (χ1n) is 6.44. The molecule has 0 spiro atoms. The number of carboxylic acids is 1. The summed E-state index contributed by atoms with van der Waals surface area (Å²) >= 11 is 0. The minimum atomic E-state index is -1.11. The van der Waals surface area contributed by atoms with Crippen molar-refractivity contribution in [2.45, 2.75) is 27.3 Å². The molecule has 21 heavy (non-hydrogen) atoms. The van der Waals surface area contributed by atoms with E-state index in [1.807, 2.05) is 0 Å². The van der Waals surface area contributed by atoms with Gasteiger partial charge in [0.25, 0.3) is 5.91 Å². The van der Waals surface area contributed by atoms with Crippen LogP contribution in [-0.4, -0.2) is 22.1 Å². The monoisotopic (exact) mass is 288 g/mol. The molecule has 1 aromatic heterocycles. The minimum Gasteiger partial charge on any atom is -0.478 e. The fourth-order valence-corrected chi connectivity index (χ4v) is 2.14. The van der Waals surface area contributed by atoms with E-state index in [0.29, 0.717) is 22.6 Å². The van der Waals surface area contributed by atoms with E-state index in [1.54, 1.807) is 39.0 Å². The van der Waals surface area contributed by atoms with Crippen LogP contribution in [0.15, 0.2) is 22.7 Å². The smallest absolute Gasteiger partial charge is 0.336 e. The van der Waals surface area contributed by atoms with Crippen molar-refractivity contribution in [3.05, 3.63) is 51.9 Å². The summed E-state index contributed by atoms with van der Waals surface area (Å²) in [7, 11) is 0. The highest BCUT2D eigenvalue weighted by atomic mass is 16.5. The molecule has 6 nitrogen and oxygen atoms in total. The third kappa shape index (κ3) is 3.10. The molecule has 2 N–H and O–H groups in total. The van der Waals surface area contributed by atoms with Crippen LogP contribution in [0.3, 0.4) is 0 Å². The topological polar surface area (TPSA) is 92.4 Å². The first kappa shape index (κ1) is 14.8. The van der Waals surface area contributed by atoms with Gasteiger partial charge in [-0.3, -0.25) is 4.79 Å². The highest BCUT2D eigenvalue weighted by molar-refractivity contribution is 6.06. The number of benzene rings is 1. The maximum atomic E-state index is 12.3. The Labute approximate surface area is 121 Å². The van der Waals surface area contributed by atoms with Crippen LogP contribution in [0.4, 0.5) is 0 Å². The minimum absolute atomic E-state index is 0.0313. The Morgan fingerprint density at radius 1 is 1.19 bits per heavy atom. The normalized spacial score (nSPS) is 10.4. The summed E-state index contributed by atoms with van der Waals surface area (Å²) in [4.78, 5) is 23.7. The maximum Gasteiger partial charge on any atom is 0.336 e. The van der Waals surface area contributed by atoms with Gasteiger partial charge in [0.05, 0.1) is 17.7 Å². The number of aromatic carboxylic acids is 1. The zero-order valence-corrected chi connectivity index (χ0v) is 12.1. The van der Waals surface area contributed by atoms with Crippen LogP contribution >= 0.6 is 0 Å². The van der Waals surface area contributed by atoms with Crippen molar-refractivity contribution in [1.82, 2.24) is 10.5 Å². The number of rotatable bonds is 4. The first-order valence-corrected chi connectivity index (χ1v) is 6.44. The van der Waals surface area contributed by atoms with E-state index in [4.69, 9.17) is 4.52 Å². The number of nitrogens with zero attached hydrogens (tertiary/aromatic N) is 1. The Morgan fingerprint density at radius 2 is 1.81 bits per heavy atom. The molecule has 2 rings (SSSR count). The molecule has 0 fully saturated rings. The van der Waals surface area contributed by atoms with E-state index in [9.17, 15) is 14.7 Å². The van der Waals surface area contributed by atoms with Gasteiger partial charge in [0.15, 0.2) is 0 Å². The second-order valence-corrected chi connectivity index (χ2v) is 4.87. The molecular weight excluding hydrogens is 272 g/mol. The predicted molar refractivity (Wildman–Crippen MR) is 75.3 cm³/mol. The lowest BCUT2D eigenvalue weighted by Gasteiger charge is -2.12. The number of hydrogen-bond acceptors (Lipinski definition) is 4. The van der Waals surface area contributed by atoms with Crippen molar-refractivity contribution in [3.8, 4) is 0 Å². The van der Waals surface area contributed by atoms with Crippen LogP contribution in [0.1, 0.15) is 43.3 Å². The summed E-state index contributed by atoms with van der Waals surface area (Å²) in [5.74, 6) is -0.898. The highest BCUT2D eigenvalue weighted by Crippen LogP contribution is 2.19. The second-order valence-electron chi connectivity index (χ2n) is 4.87. The SMILES string of the molecule is Cc1cc(CNC(=O)c2c(C)ccc(C)c2C(=O)O)no1. The van der Waals surface area contributed by atoms with Crippen molar-refractivity contribution in [3.63, 3.8) is 0 Å². The van der Waals surface area contributed by atoms with E-state index >= 15 is 0 Å². The number of carbonyl (C=O) groups excluding carboxylic acids is 1. The number of aryl methyl sites for hydroxylation is 3. The van der Waals surface area contributed by atoms with Gasteiger partial charge < -0.3 is 14.9 Å². The predicted octanol–water partition coefficient (Wildman–Crippen LogP) is 2.23. The molecule has 0 atom stereocenters. The van der Waals surface area contributed by atoms with E-state index in [0.717, 1.165) is 0 Å². The Bertz CT molecular complexity index is 704. The van der Waals surface area contributed by atoms with Crippen molar-refractivity contribution in [1.29, 1.82) is 0 Å². The van der Waals surface area contributed by atoms with Crippen molar-refractivity contribution >= 4 is 11.9 Å². The Morgan fingerprint density at radius 3 is 2.33 bits per heavy atom. The summed E-state index contributed by atoms with van der Waals surface area (Å²) in [6, 6.07) is 5.13. The number of hydrogen-bond donors (Lipinski definition) is 2. The highest BCUT2D eigenvalue weighted by Gasteiger charge is 2.21. The molecule has 110 valence electrons. The van der Waals surface area contributed by atoms with E-state index < -0.39 is 11.9 Å². The molecule has 0 bridgehead atoms. The van der Waals surface area contributed by atoms with E-state index in [1.165, 1.54) is 0 Å². The molecule has 1 amide bonds. The summed E-state index contributed by atoms with van der Waals surface area (Å²) < 4.78 is 4.91. The Balaban J connectivity index is 2.26. The Kier molecular flexibility index (Phi) is 4.07. The number of carboxylic acid groups (broad SMARTS) is 1. The first-order chi connectivity index (χ1) is 9.90. The lowest BCUT2D eigenvalue weighted by Crippen LogP contribution is -2.26. The fourth-order valence-electron chi connectivity index (χ4n) is 2.14. The van der Waals surface area contributed by atoms with Crippen LogP contribution in [-0.2, 0) is 6.54 Å². The van der Waals surface area contributed by atoms with Gasteiger partial charge in [-0.05, 0) is 31.9 Å². The second kappa shape index (κ2) is 5.78. The molecule has 1 heterocycles. The summed E-state index contributed by atoms with van der Waals surface area (Å²) in [6.07, 6.45) is 0.